The molecule has 5 rings (SSSR count). The van der Waals surface area contributed by atoms with Crippen molar-refractivity contribution in [3.05, 3.63) is 131 Å². The fraction of sp³-hybridized carbons (Fsp3) is 0.0606. The number of carbonyl (C=O) groups excluding carboxylic acids is 1. The monoisotopic (exact) mass is 752 g/mol. The van der Waals surface area contributed by atoms with Crippen molar-refractivity contribution >= 4 is 37.1 Å². The van der Waals surface area contributed by atoms with E-state index in [-0.39, 0.29) is 10.7 Å². The minimum absolute atomic E-state index is 0.0890. The Hall–Kier alpha value is -4.20. The van der Waals surface area contributed by atoms with Crippen LogP contribution in [-0.2, 0) is 0 Å². The molecule has 0 radical (unpaired) electrons. The van der Waals surface area contributed by atoms with E-state index in [1.165, 1.54) is 18.9 Å². The molecule has 0 aliphatic carbocycles. The van der Waals surface area contributed by atoms with Crippen LogP contribution in [0.5, 0.6) is 11.5 Å². The second kappa shape index (κ2) is 14.0. The van der Waals surface area contributed by atoms with Crippen LogP contribution in [0.1, 0.15) is 11.1 Å². The van der Waals surface area contributed by atoms with E-state index in [0.717, 1.165) is 27.1 Å². The van der Waals surface area contributed by atoms with Crippen molar-refractivity contribution in [1.29, 1.82) is 0 Å². The zero-order valence-electron chi connectivity index (χ0n) is 25.0. The molecule has 5 aromatic rings. The van der Waals surface area contributed by atoms with Crippen LogP contribution in [0.3, 0.4) is 0 Å². The van der Waals surface area contributed by atoms with E-state index in [2.05, 4.69) is 0 Å². The van der Waals surface area contributed by atoms with Crippen LogP contribution < -0.4 is 9.47 Å². The zero-order chi connectivity index (χ0) is 36.2. The van der Waals surface area contributed by atoms with Gasteiger partial charge in [-0.25, -0.2) is 17.6 Å². The van der Waals surface area contributed by atoms with Crippen molar-refractivity contribution in [2.45, 2.75) is 19.6 Å². The third-order valence-corrected chi connectivity index (χ3v) is 8.52. The van der Waals surface area contributed by atoms with Crippen molar-refractivity contribution < 1.29 is 57.0 Å². The van der Waals surface area contributed by atoms with E-state index >= 15 is 0 Å². The van der Waals surface area contributed by atoms with Crippen molar-refractivity contribution in [3.63, 3.8) is 0 Å². The Morgan fingerprint density at radius 3 is 1.84 bits per heavy atom. The average Bonchev–Trinajstić information content (AvgIpc) is 3.05. The molecular formula is C33H23F10O3PS2. The summed E-state index contributed by atoms with van der Waals surface area (Å²) in [5, 5.41) is 0. The first-order valence-electron chi connectivity index (χ1n) is 13.6. The summed E-state index contributed by atoms with van der Waals surface area (Å²) < 4.78 is 126. The van der Waals surface area contributed by atoms with Crippen LogP contribution >= 0.6 is 31.3 Å². The molecule has 5 aromatic carbocycles. The van der Waals surface area contributed by atoms with Gasteiger partial charge < -0.3 is 9.47 Å². The first-order chi connectivity index (χ1) is 22.7. The van der Waals surface area contributed by atoms with Gasteiger partial charge in [0, 0.05) is 14.7 Å². The van der Waals surface area contributed by atoms with Crippen LogP contribution in [0.4, 0.5) is 42.7 Å². The molecule has 0 saturated carbocycles. The summed E-state index contributed by atoms with van der Waals surface area (Å²) in [7, 11) is -7.61. The van der Waals surface area contributed by atoms with Gasteiger partial charge in [0.1, 0.15) is 17.1 Å². The van der Waals surface area contributed by atoms with Crippen LogP contribution in [0.15, 0.2) is 117 Å². The van der Waals surface area contributed by atoms with Gasteiger partial charge >= 0.3 is 38.8 Å². The molecule has 0 heterocycles. The van der Waals surface area contributed by atoms with Crippen LogP contribution in [-0.4, -0.2) is 24.8 Å². The zero-order valence-corrected chi connectivity index (χ0v) is 27.6. The molecule has 0 unspecified atom stereocenters. The van der Waals surface area contributed by atoms with E-state index in [4.69, 9.17) is 9.47 Å². The summed E-state index contributed by atoms with van der Waals surface area (Å²) >= 11 is 2.21. The summed E-state index contributed by atoms with van der Waals surface area (Å²) in [6.07, 6.45) is 0. The molecule has 0 aliphatic rings. The predicted octanol–water partition coefficient (Wildman–Crippen LogP) is 12.6. The van der Waals surface area contributed by atoms with E-state index in [9.17, 15) is 47.5 Å². The van der Waals surface area contributed by atoms with Gasteiger partial charge in [-0.2, -0.15) is 0 Å². The predicted molar refractivity (Wildman–Crippen MR) is 171 cm³/mol. The Morgan fingerprint density at radius 2 is 1.24 bits per heavy atom. The molecule has 16 heteroatoms. The maximum absolute atomic E-state index is 14.5. The van der Waals surface area contributed by atoms with Gasteiger partial charge in [-0.05, 0) is 71.8 Å². The molecular weight excluding hydrogens is 729 g/mol. The van der Waals surface area contributed by atoms with E-state index in [1.807, 2.05) is 66.7 Å². The second-order valence-electron chi connectivity index (χ2n) is 9.90. The summed E-state index contributed by atoms with van der Waals surface area (Å²) in [5.41, 5.74) is 2.57. The van der Waals surface area contributed by atoms with Gasteiger partial charge in [0.05, 0.1) is 24.7 Å². The summed E-state index contributed by atoms with van der Waals surface area (Å²) in [5.74, 6) is -5.51. The van der Waals surface area contributed by atoms with Gasteiger partial charge in [0.25, 0.3) is 0 Å². The number of ketones is 1. The molecule has 0 fully saturated rings. The number of halogens is 10. The molecule has 0 saturated heterocycles. The maximum atomic E-state index is 14.5. The normalized spacial score (nSPS) is 12.7. The van der Waals surface area contributed by atoms with Crippen molar-refractivity contribution in [2.24, 2.45) is 0 Å². The Labute approximate surface area is 281 Å². The standard InChI is InChI=1S/C33H22F4O3S2.F6P/c1-39-21-13-16-26(42-28-18-24(34)30(35)32(37)31(28)36)23(17-21)19-11-14-22(15-12-19)41-27-10-6-9-25(40-2)29(27)33(38)20-7-4-3-5-8-20;1-7(2,3,4,5)6/h3-18H,1-2H3;/q;-1/p+1. The van der Waals surface area contributed by atoms with E-state index < -0.39 is 31.1 Å². The fourth-order valence-electron chi connectivity index (χ4n) is 4.26. The number of hydrogen-bond acceptors (Lipinski definition) is 4. The quantitative estimate of drug-likeness (QED) is 0.0375. The molecule has 0 atom stereocenters. The van der Waals surface area contributed by atoms with Crippen LogP contribution in [0.2, 0.25) is 0 Å². The SMILES string of the molecule is COc1ccc(Sc2cc(F)c(F)c(F)c2F)c(-c2ccc(Sc3cccc(OC)c3C(=[OH+])c3ccccc3)cc2)c1.F[P-](F)(F)(F)(F)F. The van der Waals surface area contributed by atoms with Gasteiger partial charge in [0.15, 0.2) is 23.3 Å². The first-order valence-corrected chi connectivity index (χ1v) is 17.2. The Bertz CT molecular complexity index is 1980. The molecule has 49 heavy (non-hydrogen) atoms. The Morgan fingerprint density at radius 1 is 0.612 bits per heavy atom. The number of ether oxygens (including phenoxy) is 2. The minimum atomic E-state index is -10.7. The van der Waals surface area contributed by atoms with Gasteiger partial charge in [-0.3, -0.25) is 4.79 Å². The topological polar surface area (TPSA) is 39.9 Å². The molecule has 0 aliphatic heterocycles. The second-order valence-corrected chi connectivity index (χ2v) is 14.0. The molecule has 260 valence electrons. The van der Waals surface area contributed by atoms with E-state index in [0.29, 0.717) is 39.2 Å². The molecule has 0 spiro atoms. The fourth-order valence-corrected chi connectivity index (χ4v) is 6.24. The summed E-state index contributed by atoms with van der Waals surface area (Å²) in [4.78, 5) is 12.9. The van der Waals surface area contributed by atoms with Gasteiger partial charge in [-0.15, -0.1) is 0 Å². The van der Waals surface area contributed by atoms with Crippen LogP contribution in [0, 0.1) is 23.3 Å². The third-order valence-electron chi connectivity index (χ3n) is 6.36. The summed E-state index contributed by atoms with van der Waals surface area (Å²) in [6.45, 7) is 0. The van der Waals surface area contributed by atoms with E-state index in [1.54, 1.807) is 31.4 Å². The third kappa shape index (κ3) is 10.6. The number of benzene rings is 5. The average molecular weight is 753 g/mol. The Kier molecular flexibility index (Phi) is 10.7. The van der Waals surface area contributed by atoms with Gasteiger partial charge in [0.2, 0.25) is 0 Å². The number of rotatable bonds is 9. The molecule has 0 amide bonds. The van der Waals surface area contributed by atoms with Crippen molar-refractivity contribution in [3.8, 4) is 22.6 Å². The van der Waals surface area contributed by atoms with Crippen LogP contribution in [0.25, 0.3) is 11.1 Å². The number of hydrogen-bond donors (Lipinski definition) is 0. The van der Waals surface area contributed by atoms with Crippen molar-refractivity contribution in [2.75, 3.05) is 14.2 Å². The molecule has 0 bridgehead atoms. The Balaban J connectivity index is 0.000000698. The first kappa shape index (κ1) is 37.6. The van der Waals surface area contributed by atoms with Crippen molar-refractivity contribution in [1.82, 2.24) is 0 Å². The number of methoxy groups -OCH3 is 2. The van der Waals surface area contributed by atoms with Gasteiger partial charge in [-0.1, -0.05) is 59.9 Å². The molecule has 3 nitrogen and oxygen atoms in total. The molecule has 1 N–H and O–H groups in total. The molecule has 0 aromatic heterocycles. The summed E-state index contributed by atoms with van der Waals surface area (Å²) in [6, 6.07) is 27.8.